The van der Waals surface area contributed by atoms with Crippen LogP contribution in [0.25, 0.3) is 22.0 Å². The molecule has 1 heterocycles. The van der Waals surface area contributed by atoms with Crippen molar-refractivity contribution in [3.63, 3.8) is 0 Å². The number of rotatable bonds is 13. The summed E-state index contributed by atoms with van der Waals surface area (Å²) in [5.41, 5.74) is 3.17. The molecule has 4 aromatic carbocycles. The summed E-state index contributed by atoms with van der Waals surface area (Å²) in [5.74, 6) is 0.469. The van der Waals surface area contributed by atoms with Gasteiger partial charge in [-0.3, -0.25) is 9.59 Å². The summed E-state index contributed by atoms with van der Waals surface area (Å²) in [4.78, 5) is 35.7. The maximum absolute atomic E-state index is 14.2. The van der Waals surface area contributed by atoms with Crippen molar-refractivity contribution in [1.82, 2.24) is 19.4 Å². The van der Waals surface area contributed by atoms with Crippen molar-refractivity contribution >= 4 is 16.8 Å². The Labute approximate surface area is 273 Å². The highest BCUT2D eigenvalue weighted by Crippen LogP contribution is 2.31. The van der Waals surface area contributed by atoms with Crippen molar-refractivity contribution in [2.24, 2.45) is 0 Å². The molecule has 0 aliphatic heterocycles. The van der Waals surface area contributed by atoms with Gasteiger partial charge in [0.15, 0.2) is 0 Å². The molecule has 0 aliphatic rings. The number of carbonyl (C=O) groups excluding carboxylic acids is 1. The lowest BCUT2D eigenvalue weighted by molar-refractivity contribution is -0.137. The number of carbonyl (C=O) groups is 1. The summed E-state index contributed by atoms with van der Waals surface area (Å²) < 4.78 is 41.0. The molecule has 0 saturated heterocycles. The smallest absolute Gasteiger partial charge is 0.336 e. The zero-order valence-corrected chi connectivity index (χ0v) is 26.7. The van der Waals surface area contributed by atoms with Crippen LogP contribution in [0.15, 0.2) is 108 Å². The van der Waals surface area contributed by atoms with Crippen LogP contribution >= 0.6 is 0 Å². The highest BCUT2D eigenvalue weighted by atomic mass is 19.4. The highest BCUT2D eigenvalue weighted by molar-refractivity contribution is 5.82. The third-order valence-electron chi connectivity index (χ3n) is 8.55. The van der Waals surface area contributed by atoms with Crippen LogP contribution in [0.2, 0.25) is 0 Å². The van der Waals surface area contributed by atoms with Gasteiger partial charge in [-0.25, -0.2) is 0 Å². The van der Waals surface area contributed by atoms with E-state index in [1.165, 1.54) is 12.1 Å². The Balaban J connectivity index is 1.41. The highest BCUT2D eigenvalue weighted by Gasteiger charge is 2.30. The minimum Gasteiger partial charge on any atom is -0.336 e. The van der Waals surface area contributed by atoms with Crippen molar-refractivity contribution in [2.45, 2.75) is 46.0 Å². The van der Waals surface area contributed by atoms with Gasteiger partial charge in [-0.05, 0) is 66.0 Å². The number of aromatic nitrogens is 2. The molecule has 5 rings (SSSR count). The lowest BCUT2D eigenvalue weighted by Crippen LogP contribution is -2.40. The van der Waals surface area contributed by atoms with Crippen molar-refractivity contribution in [1.29, 1.82) is 0 Å². The van der Waals surface area contributed by atoms with Gasteiger partial charge in [0.2, 0.25) is 5.91 Å². The first-order chi connectivity index (χ1) is 22.7. The lowest BCUT2D eigenvalue weighted by Gasteiger charge is -2.28. The second-order valence-corrected chi connectivity index (χ2v) is 11.5. The molecule has 0 aliphatic carbocycles. The molecule has 0 atom stereocenters. The standard InChI is InChI=1S/C38H39F3N4O2/c1-3-43(4-2)24-25-44(26-29-14-17-30(18-15-29)31-19-21-32(22-20-31)38(39,40)41)36(46)27-45-34-13-9-8-12-33(34)37(47)42-35(45)23-16-28-10-6-5-7-11-28/h5-15,17-22H,3-4,16,23-27H2,1-2H3. The van der Waals surface area contributed by atoms with E-state index in [-0.39, 0.29) is 18.0 Å². The van der Waals surface area contributed by atoms with Crippen LogP contribution < -0.4 is 5.56 Å². The number of likely N-dealkylation sites (N-methyl/N-ethyl adjacent to an activating group) is 1. The Morgan fingerprint density at radius 3 is 2.00 bits per heavy atom. The lowest BCUT2D eigenvalue weighted by atomic mass is 10.0. The monoisotopic (exact) mass is 640 g/mol. The topological polar surface area (TPSA) is 58.4 Å². The number of fused-ring (bicyclic) bond motifs is 1. The van der Waals surface area contributed by atoms with Crippen LogP contribution in [0.3, 0.4) is 0 Å². The van der Waals surface area contributed by atoms with E-state index in [0.29, 0.717) is 54.8 Å². The normalized spacial score (nSPS) is 11.7. The molecule has 0 radical (unpaired) electrons. The third kappa shape index (κ3) is 8.54. The maximum Gasteiger partial charge on any atom is 0.416 e. The van der Waals surface area contributed by atoms with E-state index >= 15 is 0 Å². The van der Waals surface area contributed by atoms with E-state index in [1.54, 1.807) is 12.1 Å². The SMILES string of the molecule is CCN(CC)CCN(Cc1ccc(-c2ccc(C(F)(F)F)cc2)cc1)C(=O)Cn1c(CCc2ccccc2)nc(=O)c2ccccc21. The molecule has 0 unspecified atom stereocenters. The van der Waals surface area contributed by atoms with Crippen molar-refractivity contribution in [2.75, 3.05) is 26.2 Å². The van der Waals surface area contributed by atoms with E-state index in [2.05, 4.69) is 23.7 Å². The number of hydrogen-bond donors (Lipinski definition) is 0. The van der Waals surface area contributed by atoms with E-state index in [9.17, 15) is 22.8 Å². The maximum atomic E-state index is 14.2. The molecule has 1 aromatic heterocycles. The molecule has 0 fully saturated rings. The van der Waals surface area contributed by atoms with E-state index in [0.717, 1.165) is 41.9 Å². The van der Waals surface area contributed by atoms with E-state index in [1.807, 2.05) is 76.2 Å². The Hall–Kier alpha value is -4.76. The van der Waals surface area contributed by atoms with Gasteiger partial charge in [-0.2, -0.15) is 18.2 Å². The largest absolute Gasteiger partial charge is 0.416 e. The van der Waals surface area contributed by atoms with Gasteiger partial charge >= 0.3 is 6.18 Å². The van der Waals surface area contributed by atoms with Gasteiger partial charge in [0, 0.05) is 26.1 Å². The number of nitrogens with zero attached hydrogens (tertiary/aromatic N) is 4. The zero-order valence-electron chi connectivity index (χ0n) is 26.7. The second-order valence-electron chi connectivity index (χ2n) is 11.5. The molecule has 9 heteroatoms. The molecular weight excluding hydrogens is 601 g/mol. The van der Waals surface area contributed by atoms with Crippen LogP contribution in [0.5, 0.6) is 0 Å². The minimum absolute atomic E-state index is 0.0276. The Bertz CT molecular complexity index is 1830. The average molecular weight is 641 g/mol. The van der Waals surface area contributed by atoms with Crippen LogP contribution in [-0.2, 0) is 36.9 Å². The average Bonchev–Trinajstić information content (AvgIpc) is 3.09. The number of benzene rings is 4. The summed E-state index contributed by atoms with van der Waals surface area (Å²) in [6.45, 7) is 7.49. The summed E-state index contributed by atoms with van der Waals surface area (Å²) in [7, 11) is 0. The van der Waals surface area contributed by atoms with Crippen LogP contribution in [0.1, 0.15) is 36.4 Å². The molecular formula is C38H39F3N4O2. The van der Waals surface area contributed by atoms with E-state index < -0.39 is 11.7 Å². The molecule has 0 saturated carbocycles. The molecule has 6 nitrogen and oxygen atoms in total. The van der Waals surface area contributed by atoms with Crippen LogP contribution in [-0.4, -0.2) is 51.4 Å². The Morgan fingerprint density at radius 1 is 0.745 bits per heavy atom. The molecule has 0 bridgehead atoms. The fourth-order valence-electron chi connectivity index (χ4n) is 5.74. The Morgan fingerprint density at radius 2 is 1.36 bits per heavy atom. The number of amides is 1. The fraction of sp³-hybridized carbons (Fsp3) is 0.289. The minimum atomic E-state index is -4.39. The van der Waals surface area contributed by atoms with Crippen molar-refractivity contribution < 1.29 is 18.0 Å². The number of alkyl halides is 3. The summed E-state index contributed by atoms with van der Waals surface area (Å²) in [5, 5.41) is 0.470. The number of hydrogen-bond acceptors (Lipinski definition) is 4. The third-order valence-corrected chi connectivity index (χ3v) is 8.55. The predicted molar refractivity (Wildman–Crippen MR) is 180 cm³/mol. The fourth-order valence-corrected chi connectivity index (χ4v) is 5.74. The van der Waals surface area contributed by atoms with Gasteiger partial charge in [0.05, 0.1) is 16.5 Å². The van der Waals surface area contributed by atoms with Gasteiger partial charge in [-0.15, -0.1) is 0 Å². The first-order valence-corrected chi connectivity index (χ1v) is 15.9. The number of aryl methyl sites for hydroxylation is 2. The first-order valence-electron chi connectivity index (χ1n) is 15.9. The van der Waals surface area contributed by atoms with E-state index in [4.69, 9.17) is 0 Å². The van der Waals surface area contributed by atoms with Gasteiger partial charge in [-0.1, -0.05) is 92.7 Å². The van der Waals surface area contributed by atoms with Crippen LogP contribution in [0.4, 0.5) is 13.2 Å². The van der Waals surface area contributed by atoms with Crippen molar-refractivity contribution in [3.05, 3.63) is 136 Å². The van der Waals surface area contributed by atoms with Crippen molar-refractivity contribution in [3.8, 4) is 11.1 Å². The first kappa shape index (κ1) is 33.6. The van der Waals surface area contributed by atoms with Gasteiger partial charge in [0.1, 0.15) is 12.4 Å². The molecule has 1 amide bonds. The van der Waals surface area contributed by atoms with Gasteiger partial charge in [0.25, 0.3) is 5.56 Å². The molecule has 47 heavy (non-hydrogen) atoms. The second kappa shape index (κ2) is 15.2. The predicted octanol–water partition coefficient (Wildman–Crippen LogP) is 7.24. The Kier molecular flexibility index (Phi) is 10.9. The van der Waals surface area contributed by atoms with Gasteiger partial charge < -0.3 is 14.4 Å². The quantitative estimate of drug-likeness (QED) is 0.136. The number of para-hydroxylation sites is 1. The summed E-state index contributed by atoms with van der Waals surface area (Å²) in [6.07, 6.45) is -3.21. The molecule has 244 valence electrons. The summed E-state index contributed by atoms with van der Waals surface area (Å²) >= 11 is 0. The molecule has 0 N–H and O–H groups in total. The summed E-state index contributed by atoms with van der Waals surface area (Å²) in [6, 6.07) is 29.9. The zero-order chi connectivity index (χ0) is 33.4. The molecule has 0 spiro atoms. The van der Waals surface area contributed by atoms with Crippen LogP contribution in [0, 0.1) is 0 Å². The molecule has 5 aromatic rings. The number of halogens is 3.